The minimum atomic E-state index is 0.716. The Morgan fingerprint density at radius 2 is 1.88 bits per heavy atom. The van der Waals surface area contributed by atoms with E-state index in [4.69, 9.17) is 0 Å². The monoisotopic (exact) mass is 225 g/mol. The summed E-state index contributed by atoms with van der Waals surface area (Å²) in [7, 11) is 0. The number of hydrogen-bond donors (Lipinski definition) is 1. The molecule has 3 heteroatoms. The number of hydrogen-bond acceptors (Lipinski definition) is 3. The Labute approximate surface area is 100 Å². The summed E-state index contributed by atoms with van der Waals surface area (Å²) in [6.07, 6.45) is 4.23. The van der Waals surface area contributed by atoms with Crippen LogP contribution in [0, 0.1) is 0 Å². The van der Waals surface area contributed by atoms with Gasteiger partial charge in [0.15, 0.2) is 0 Å². The second kappa shape index (κ2) is 5.99. The van der Waals surface area contributed by atoms with Gasteiger partial charge in [-0.25, -0.2) is 0 Å². The number of piperazine rings is 1. The molecular weight excluding hydrogens is 198 g/mol. The van der Waals surface area contributed by atoms with Crippen LogP contribution in [0.4, 0.5) is 0 Å². The molecule has 1 atom stereocenters. The SMILES string of the molecule is CC(C)N1CCCCC1CN1CCNCC1. The first-order valence-electron chi connectivity index (χ1n) is 6.96. The van der Waals surface area contributed by atoms with Crippen LogP contribution >= 0.6 is 0 Å². The third-order valence-electron chi connectivity index (χ3n) is 4.01. The van der Waals surface area contributed by atoms with Gasteiger partial charge in [0.2, 0.25) is 0 Å². The Hall–Kier alpha value is -0.120. The lowest BCUT2D eigenvalue weighted by Gasteiger charge is -2.42. The summed E-state index contributed by atoms with van der Waals surface area (Å²) in [5.74, 6) is 0. The molecule has 0 amide bonds. The maximum Gasteiger partial charge on any atom is 0.0225 e. The highest BCUT2D eigenvalue weighted by Gasteiger charge is 2.26. The maximum absolute atomic E-state index is 3.43. The van der Waals surface area contributed by atoms with Gasteiger partial charge in [-0.15, -0.1) is 0 Å². The average molecular weight is 225 g/mol. The highest BCUT2D eigenvalue weighted by molar-refractivity contribution is 4.83. The van der Waals surface area contributed by atoms with E-state index in [1.165, 1.54) is 58.5 Å². The van der Waals surface area contributed by atoms with E-state index < -0.39 is 0 Å². The van der Waals surface area contributed by atoms with E-state index in [-0.39, 0.29) is 0 Å². The van der Waals surface area contributed by atoms with Crippen LogP contribution in [0.5, 0.6) is 0 Å². The van der Waals surface area contributed by atoms with Crippen LogP contribution in [0.3, 0.4) is 0 Å². The van der Waals surface area contributed by atoms with Crippen molar-refractivity contribution in [1.29, 1.82) is 0 Å². The molecule has 0 aromatic rings. The smallest absolute Gasteiger partial charge is 0.0225 e. The third kappa shape index (κ3) is 3.19. The lowest BCUT2D eigenvalue weighted by Crippen LogP contribution is -2.53. The quantitative estimate of drug-likeness (QED) is 0.777. The summed E-state index contributed by atoms with van der Waals surface area (Å²) in [5, 5.41) is 3.43. The van der Waals surface area contributed by atoms with Crippen LogP contribution in [0.15, 0.2) is 0 Å². The first-order valence-corrected chi connectivity index (χ1v) is 6.96. The van der Waals surface area contributed by atoms with Gasteiger partial charge in [0.05, 0.1) is 0 Å². The fourth-order valence-corrected chi connectivity index (χ4v) is 3.09. The summed E-state index contributed by atoms with van der Waals surface area (Å²) < 4.78 is 0. The Kier molecular flexibility index (Phi) is 4.62. The number of likely N-dealkylation sites (tertiary alicyclic amines) is 1. The van der Waals surface area contributed by atoms with E-state index >= 15 is 0 Å². The van der Waals surface area contributed by atoms with E-state index in [1.54, 1.807) is 0 Å². The Bertz CT molecular complexity index is 199. The fraction of sp³-hybridized carbons (Fsp3) is 1.00. The van der Waals surface area contributed by atoms with Crippen LogP contribution in [0.1, 0.15) is 33.1 Å². The molecule has 1 unspecified atom stereocenters. The van der Waals surface area contributed by atoms with Gasteiger partial charge in [0.25, 0.3) is 0 Å². The third-order valence-corrected chi connectivity index (χ3v) is 4.01. The molecule has 0 aromatic carbocycles. The molecule has 2 rings (SSSR count). The lowest BCUT2D eigenvalue weighted by atomic mass is 9.99. The number of piperidine rings is 1. The predicted octanol–water partition coefficient (Wildman–Crippen LogP) is 1.15. The van der Waals surface area contributed by atoms with Gasteiger partial charge in [-0.1, -0.05) is 6.42 Å². The van der Waals surface area contributed by atoms with Gasteiger partial charge in [-0.3, -0.25) is 9.80 Å². The molecule has 0 radical (unpaired) electrons. The normalized spacial score (nSPS) is 29.8. The molecule has 2 aliphatic heterocycles. The standard InChI is InChI=1S/C13H27N3/c1-12(2)16-8-4-3-5-13(16)11-15-9-6-14-7-10-15/h12-14H,3-11H2,1-2H3. The molecule has 2 saturated heterocycles. The summed E-state index contributed by atoms with van der Waals surface area (Å²) in [4.78, 5) is 5.35. The summed E-state index contributed by atoms with van der Waals surface area (Å²) >= 11 is 0. The van der Waals surface area contributed by atoms with Crippen molar-refractivity contribution in [3.63, 3.8) is 0 Å². The van der Waals surface area contributed by atoms with Crippen molar-refractivity contribution < 1.29 is 0 Å². The fourth-order valence-electron chi connectivity index (χ4n) is 3.09. The van der Waals surface area contributed by atoms with Gasteiger partial charge < -0.3 is 5.32 Å². The molecule has 0 aromatic heterocycles. The molecule has 3 nitrogen and oxygen atoms in total. The van der Waals surface area contributed by atoms with Crippen molar-refractivity contribution in [3.8, 4) is 0 Å². The minimum absolute atomic E-state index is 0.716. The second-order valence-electron chi connectivity index (χ2n) is 5.53. The first-order chi connectivity index (χ1) is 7.77. The molecule has 16 heavy (non-hydrogen) atoms. The molecular formula is C13H27N3. The van der Waals surface area contributed by atoms with E-state index in [9.17, 15) is 0 Å². The van der Waals surface area contributed by atoms with E-state index in [2.05, 4.69) is 29.0 Å². The molecule has 0 bridgehead atoms. The van der Waals surface area contributed by atoms with Gasteiger partial charge in [0, 0.05) is 44.8 Å². The zero-order valence-electron chi connectivity index (χ0n) is 10.9. The van der Waals surface area contributed by atoms with Gasteiger partial charge in [0.1, 0.15) is 0 Å². The highest BCUT2D eigenvalue weighted by Crippen LogP contribution is 2.20. The summed E-state index contributed by atoms with van der Waals surface area (Å²) in [6.45, 7) is 12.1. The lowest BCUT2D eigenvalue weighted by molar-refractivity contribution is 0.0739. The van der Waals surface area contributed by atoms with Crippen LogP contribution in [0.25, 0.3) is 0 Å². The number of rotatable bonds is 3. The second-order valence-corrected chi connectivity index (χ2v) is 5.53. The number of nitrogens with one attached hydrogen (secondary N) is 1. The topological polar surface area (TPSA) is 18.5 Å². The molecule has 2 aliphatic rings. The van der Waals surface area contributed by atoms with E-state index in [0.29, 0.717) is 6.04 Å². The zero-order chi connectivity index (χ0) is 11.4. The van der Waals surface area contributed by atoms with E-state index in [0.717, 1.165) is 6.04 Å². The van der Waals surface area contributed by atoms with Crippen LogP contribution in [-0.4, -0.2) is 61.2 Å². The van der Waals surface area contributed by atoms with Crippen LogP contribution in [-0.2, 0) is 0 Å². The van der Waals surface area contributed by atoms with Crippen molar-refractivity contribution >= 4 is 0 Å². The van der Waals surface area contributed by atoms with Gasteiger partial charge >= 0.3 is 0 Å². The van der Waals surface area contributed by atoms with E-state index in [1.807, 2.05) is 0 Å². The van der Waals surface area contributed by atoms with Gasteiger partial charge in [-0.05, 0) is 33.2 Å². The van der Waals surface area contributed by atoms with Crippen molar-refractivity contribution in [2.45, 2.75) is 45.2 Å². The Balaban J connectivity index is 1.85. The molecule has 2 fully saturated rings. The number of nitrogens with zero attached hydrogens (tertiary/aromatic N) is 2. The highest BCUT2D eigenvalue weighted by atomic mass is 15.3. The van der Waals surface area contributed by atoms with Crippen LogP contribution in [0.2, 0.25) is 0 Å². The molecule has 94 valence electrons. The van der Waals surface area contributed by atoms with Crippen molar-refractivity contribution in [2.75, 3.05) is 39.3 Å². The Morgan fingerprint density at radius 3 is 2.56 bits per heavy atom. The van der Waals surface area contributed by atoms with Crippen molar-refractivity contribution in [1.82, 2.24) is 15.1 Å². The summed E-state index contributed by atoms with van der Waals surface area (Å²) in [6, 6.07) is 1.53. The summed E-state index contributed by atoms with van der Waals surface area (Å²) in [5.41, 5.74) is 0. The van der Waals surface area contributed by atoms with Gasteiger partial charge in [-0.2, -0.15) is 0 Å². The largest absolute Gasteiger partial charge is 0.314 e. The molecule has 0 spiro atoms. The molecule has 0 aliphatic carbocycles. The van der Waals surface area contributed by atoms with Crippen molar-refractivity contribution in [3.05, 3.63) is 0 Å². The predicted molar refractivity (Wildman–Crippen MR) is 68.8 cm³/mol. The minimum Gasteiger partial charge on any atom is -0.314 e. The Morgan fingerprint density at radius 1 is 1.12 bits per heavy atom. The average Bonchev–Trinajstić information content (AvgIpc) is 2.31. The van der Waals surface area contributed by atoms with Crippen LogP contribution < -0.4 is 5.32 Å². The molecule has 2 heterocycles. The molecule has 1 N–H and O–H groups in total. The zero-order valence-corrected chi connectivity index (χ0v) is 10.9. The first kappa shape index (κ1) is 12.3. The van der Waals surface area contributed by atoms with Crippen molar-refractivity contribution in [2.24, 2.45) is 0 Å². The maximum atomic E-state index is 3.43. The molecule has 0 saturated carbocycles.